The van der Waals surface area contributed by atoms with E-state index < -0.39 is 5.97 Å². The van der Waals surface area contributed by atoms with Crippen LogP contribution in [0.2, 0.25) is 0 Å². The van der Waals surface area contributed by atoms with Crippen molar-refractivity contribution in [1.82, 2.24) is 5.32 Å². The van der Waals surface area contributed by atoms with E-state index in [1.807, 2.05) is 0 Å². The van der Waals surface area contributed by atoms with Crippen molar-refractivity contribution >= 4 is 11.9 Å². The third-order valence-electron chi connectivity index (χ3n) is 4.90. The molecule has 2 N–H and O–H groups in total. The van der Waals surface area contributed by atoms with Crippen LogP contribution in [0.1, 0.15) is 71.1 Å². The maximum Gasteiger partial charge on any atom is 0.303 e. The summed E-state index contributed by atoms with van der Waals surface area (Å²) in [6.45, 7) is 2.17. The first-order valence-corrected chi connectivity index (χ1v) is 8.06. The summed E-state index contributed by atoms with van der Waals surface area (Å²) in [7, 11) is 0. The monoisotopic (exact) mass is 281 g/mol. The van der Waals surface area contributed by atoms with Gasteiger partial charge in [0.15, 0.2) is 0 Å². The second-order valence-electron chi connectivity index (χ2n) is 6.77. The molecule has 0 aromatic rings. The van der Waals surface area contributed by atoms with Crippen molar-refractivity contribution in [2.24, 2.45) is 11.3 Å². The Hall–Kier alpha value is -1.06. The molecule has 0 spiro atoms. The molecule has 0 radical (unpaired) electrons. The van der Waals surface area contributed by atoms with Gasteiger partial charge in [0, 0.05) is 12.5 Å². The zero-order chi connectivity index (χ0) is 14.6. The molecule has 4 nitrogen and oxygen atoms in total. The van der Waals surface area contributed by atoms with E-state index in [1.165, 1.54) is 19.3 Å². The van der Waals surface area contributed by atoms with E-state index in [0.29, 0.717) is 18.4 Å². The van der Waals surface area contributed by atoms with Gasteiger partial charge in [-0.05, 0) is 37.0 Å². The van der Waals surface area contributed by atoms with Crippen molar-refractivity contribution < 1.29 is 14.7 Å². The summed E-state index contributed by atoms with van der Waals surface area (Å²) in [5.74, 6) is -0.0440. The zero-order valence-electron chi connectivity index (χ0n) is 12.5. The molecule has 0 aromatic heterocycles. The fourth-order valence-corrected chi connectivity index (χ4v) is 3.75. The Morgan fingerprint density at radius 1 is 1.20 bits per heavy atom. The average Bonchev–Trinajstić information content (AvgIpc) is 3.07. The van der Waals surface area contributed by atoms with Gasteiger partial charge >= 0.3 is 5.97 Å². The third-order valence-corrected chi connectivity index (χ3v) is 4.90. The minimum Gasteiger partial charge on any atom is -0.481 e. The summed E-state index contributed by atoms with van der Waals surface area (Å²) in [6.07, 6.45) is 9.05. The maximum atomic E-state index is 12.2. The van der Waals surface area contributed by atoms with Gasteiger partial charge in [-0.15, -0.1) is 0 Å². The lowest BCUT2D eigenvalue weighted by Gasteiger charge is -2.35. The van der Waals surface area contributed by atoms with Gasteiger partial charge in [0.25, 0.3) is 0 Å². The summed E-state index contributed by atoms with van der Waals surface area (Å²) in [4.78, 5) is 23.3. The molecule has 2 saturated carbocycles. The van der Waals surface area contributed by atoms with Crippen molar-refractivity contribution in [3.05, 3.63) is 0 Å². The highest BCUT2D eigenvalue weighted by Gasteiger charge is 2.40. The van der Waals surface area contributed by atoms with E-state index in [-0.39, 0.29) is 17.7 Å². The number of hydrogen-bond donors (Lipinski definition) is 2. The van der Waals surface area contributed by atoms with Gasteiger partial charge in [-0.1, -0.05) is 32.6 Å². The number of aliphatic carboxylic acids is 1. The molecule has 0 aliphatic heterocycles. The van der Waals surface area contributed by atoms with E-state index in [2.05, 4.69) is 12.2 Å². The molecule has 2 atom stereocenters. The Morgan fingerprint density at radius 3 is 2.50 bits per heavy atom. The minimum absolute atomic E-state index is 0.0664. The fourth-order valence-electron chi connectivity index (χ4n) is 3.75. The lowest BCUT2D eigenvalue weighted by molar-refractivity contribution is -0.141. The van der Waals surface area contributed by atoms with Crippen LogP contribution in [0.3, 0.4) is 0 Å². The highest BCUT2D eigenvalue weighted by molar-refractivity contribution is 5.78. The van der Waals surface area contributed by atoms with E-state index in [1.54, 1.807) is 0 Å². The lowest BCUT2D eigenvalue weighted by Crippen LogP contribution is -2.36. The fraction of sp³-hybridized carbons (Fsp3) is 0.875. The van der Waals surface area contributed by atoms with Crippen LogP contribution in [0, 0.1) is 11.3 Å². The second kappa shape index (κ2) is 6.59. The van der Waals surface area contributed by atoms with E-state index in [9.17, 15) is 9.59 Å². The molecule has 0 heterocycles. The molecule has 0 bridgehead atoms. The van der Waals surface area contributed by atoms with Crippen LogP contribution in [-0.4, -0.2) is 23.0 Å². The third kappa shape index (κ3) is 4.22. The zero-order valence-corrected chi connectivity index (χ0v) is 12.5. The topological polar surface area (TPSA) is 66.4 Å². The number of carbonyl (C=O) groups is 2. The van der Waals surface area contributed by atoms with Gasteiger partial charge < -0.3 is 10.4 Å². The highest BCUT2D eigenvalue weighted by Crippen LogP contribution is 2.43. The Labute approximate surface area is 121 Å². The predicted molar refractivity (Wildman–Crippen MR) is 77.3 cm³/mol. The number of hydrogen-bond acceptors (Lipinski definition) is 2. The van der Waals surface area contributed by atoms with Crippen LogP contribution in [0.5, 0.6) is 0 Å². The summed E-state index contributed by atoms with van der Waals surface area (Å²) in [5.41, 5.74) is -0.288. The quantitative estimate of drug-likeness (QED) is 0.753. The largest absolute Gasteiger partial charge is 0.481 e. The van der Waals surface area contributed by atoms with Gasteiger partial charge in [0.05, 0.1) is 6.42 Å². The SMILES string of the molecule is CCCC1CC1NC(=O)CC1(CC(=O)O)CCCCC1. The van der Waals surface area contributed by atoms with Crippen LogP contribution >= 0.6 is 0 Å². The number of carboxylic acids is 1. The van der Waals surface area contributed by atoms with Gasteiger partial charge in [-0.25, -0.2) is 0 Å². The Balaban J connectivity index is 1.84. The van der Waals surface area contributed by atoms with Crippen molar-refractivity contribution in [1.29, 1.82) is 0 Å². The van der Waals surface area contributed by atoms with Crippen LogP contribution in [0.15, 0.2) is 0 Å². The number of carboxylic acid groups (broad SMARTS) is 1. The van der Waals surface area contributed by atoms with E-state index in [4.69, 9.17) is 5.11 Å². The van der Waals surface area contributed by atoms with Gasteiger partial charge in [0.1, 0.15) is 0 Å². The number of carbonyl (C=O) groups excluding carboxylic acids is 1. The van der Waals surface area contributed by atoms with Crippen molar-refractivity contribution in [3.63, 3.8) is 0 Å². The Kier molecular flexibility index (Phi) is 5.06. The lowest BCUT2D eigenvalue weighted by atomic mass is 9.69. The Bertz CT molecular complexity index is 361. The van der Waals surface area contributed by atoms with Crippen LogP contribution in [0.4, 0.5) is 0 Å². The summed E-state index contributed by atoms with van der Waals surface area (Å²) < 4.78 is 0. The van der Waals surface area contributed by atoms with Crippen LogP contribution in [-0.2, 0) is 9.59 Å². The second-order valence-corrected chi connectivity index (χ2v) is 6.77. The maximum absolute atomic E-state index is 12.2. The Morgan fingerprint density at radius 2 is 1.90 bits per heavy atom. The van der Waals surface area contributed by atoms with Crippen molar-refractivity contribution in [2.45, 2.75) is 77.2 Å². The molecule has 2 unspecified atom stereocenters. The molecule has 2 aliphatic rings. The first kappa shape index (κ1) is 15.3. The molecule has 2 fully saturated rings. The van der Waals surface area contributed by atoms with Crippen LogP contribution < -0.4 is 5.32 Å². The molecule has 2 rings (SSSR count). The molecule has 0 aromatic carbocycles. The molecular formula is C16H27NO3. The van der Waals surface area contributed by atoms with Gasteiger partial charge in [-0.2, -0.15) is 0 Å². The summed E-state index contributed by atoms with van der Waals surface area (Å²) >= 11 is 0. The molecular weight excluding hydrogens is 254 g/mol. The summed E-state index contributed by atoms with van der Waals surface area (Å²) in [5, 5.41) is 12.2. The van der Waals surface area contributed by atoms with E-state index in [0.717, 1.165) is 32.1 Å². The highest BCUT2D eigenvalue weighted by atomic mass is 16.4. The van der Waals surface area contributed by atoms with Gasteiger partial charge in [0.2, 0.25) is 5.91 Å². The molecule has 1 amide bonds. The normalized spacial score (nSPS) is 27.9. The molecule has 4 heteroatoms. The molecule has 20 heavy (non-hydrogen) atoms. The van der Waals surface area contributed by atoms with Crippen molar-refractivity contribution in [2.75, 3.05) is 0 Å². The number of rotatable bonds is 7. The summed E-state index contributed by atoms with van der Waals surface area (Å²) in [6, 6.07) is 0.355. The average molecular weight is 281 g/mol. The van der Waals surface area contributed by atoms with Gasteiger partial charge in [-0.3, -0.25) is 9.59 Å². The standard InChI is InChI=1S/C16H27NO3/c1-2-6-12-9-13(12)17-14(18)10-16(11-15(19)20)7-4-3-5-8-16/h12-13H,2-11H2,1H3,(H,17,18)(H,19,20). The van der Waals surface area contributed by atoms with E-state index >= 15 is 0 Å². The molecule has 114 valence electrons. The first-order chi connectivity index (χ1) is 9.54. The van der Waals surface area contributed by atoms with Crippen molar-refractivity contribution in [3.8, 4) is 0 Å². The van der Waals surface area contributed by atoms with Crippen LogP contribution in [0.25, 0.3) is 0 Å². The molecule has 0 saturated heterocycles. The first-order valence-electron chi connectivity index (χ1n) is 8.06. The predicted octanol–water partition coefficient (Wildman–Crippen LogP) is 3.11. The molecule has 2 aliphatic carbocycles. The smallest absolute Gasteiger partial charge is 0.303 e. The number of nitrogens with one attached hydrogen (secondary N) is 1. The number of amides is 1. The minimum atomic E-state index is -0.769.